The summed E-state index contributed by atoms with van der Waals surface area (Å²) in [6.45, 7) is 1.80. The molecule has 0 radical (unpaired) electrons. The van der Waals surface area contributed by atoms with Crippen molar-refractivity contribution in [2.24, 2.45) is 4.99 Å². The lowest BCUT2D eigenvalue weighted by atomic mass is 9.91. The Morgan fingerprint density at radius 2 is 1.87 bits per heavy atom. The Labute approximate surface area is 192 Å². The van der Waals surface area contributed by atoms with Crippen LogP contribution in [0.15, 0.2) is 75.4 Å². The number of hydrogen-bond donors (Lipinski definition) is 1. The van der Waals surface area contributed by atoms with E-state index >= 15 is 0 Å². The minimum atomic E-state index is -0.0909. The fourth-order valence-corrected chi connectivity index (χ4v) is 5.24. The molecule has 4 nitrogen and oxygen atoms in total. The van der Waals surface area contributed by atoms with Crippen LogP contribution in [0.3, 0.4) is 0 Å². The number of hydrazine groups is 1. The normalized spacial score (nSPS) is 15.6. The molecule has 5 rings (SSSR count). The van der Waals surface area contributed by atoms with E-state index in [-0.39, 0.29) is 5.91 Å². The van der Waals surface area contributed by atoms with Crippen molar-refractivity contribution in [2.45, 2.75) is 22.6 Å². The summed E-state index contributed by atoms with van der Waals surface area (Å²) in [5.74, 6) is -0.0909. The Morgan fingerprint density at radius 3 is 2.68 bits per heavy atom. The van der Waals surface area contributed by atoms with Crippen LogP contribution in [0.1, 0.15) is 34.3 Å². The smallest absolute Gasteiger partial charge is 0.265 e. The number of nitrogens with zero attached hydrogens (tertiary/aromatic N) is 2. The van der Waals surface area contributed by atoms with Crippen LogP contribution in [0.25, 0.3) is 0 Å². The first-order valence-corrected chi connectivity index (χ1v) is 11.6. The summed E-state index contributed by atoms with van der Waals surface area (Å²) in [4.78, 5) is 19.9. The molecule has 0 unspecified atom stereocenters. The average Bonchev–Trinajstić information content (AvgIpc) is 3.20. The molecule has 0 saturated carbocycles. The van der Waals surface area contributed by atoms with Gasteiger partial charge in [0.15, 0.2) is 0 Å². The zero-order valence-corrected chi connectivity index (χ0v) is 18.8. The minimum absolute atomic E-state index is 0.0909. The first-order valence-electron chi connectivity index (χ1n) is 10.4. The third-order valence-electron chi connectivity index (χ3n) is 5.53. The van der Waals surface area contributed by atoms with E-state index in [1.807, 2.05) is 47.5 Å². The summed E-state index contributed by atoms with van der Waals surface area (Å²) in [5.41, 5.74) is 8.57. The second kappa shape index (κ2) is 8.54. The molecule has 3 aromatic rings. The van der Waals surface area contributed by atoms with Crippen molar-refractivity contribution in [3.8, 4) is 0 Å². The molecule has 1 amide bonds. The second-order valence-corrected chi connectivity index (χ2v) is 9.41. The van der Waals surface area contributed by atoms with Gasteiger partial charge in [-0.15, -0.1) is 0 Å². The van der Waals surface area contributed by atoms with Gasteiger partial charge in [-0.3, -0.25) is 10.2 Å². The number of nitrogens with one attached hydrogen (secondary N) is 1. The fourth-order valence-electron chi connectivity index (χ4n) is 3.96. The van der Waals surface area contributed by atoms with Crippen molar-refractivity contribution in [2.75, 3.05) is 13.1 Å². The maximum Gasteiger partial charge on any atom is 0.265 e. The number of hydrogen-bond acceptors (Lipinski definition) is 4. The van der Waals surface area contributed by atoms with E-state index in [9.17, 15) is 4.79 Å². The highest BCUT2D eigenvalue weighted by Gasteiger charge is 2.21. The van der Waals surface area contributed by atoms with Crippen molar-refractivity contribution in [1.29, 1.82) is 0 Å². The number of halogens is 1. The quantitative estimate of drug-likeness (QED) is 0.485. The number of amides is 1. The van der Waals surface area contributed by atoms with Crippen molar-refractivity contribution < 1.29 is 4.79 Å². The van der Waals surface area contributed by atoms with Crippen molar-refractivity contribution in [3.05, 3.63) is 82.4 Å². The number of aliphatic imine (C=N–C) groups is 1. The Morgan fingerprint density at radius 1 is 1.03 bits per heavy atom. The number of benzene rings is 3. The van der Waals surface area contributed by atoms with Gasteiger partial charge >= 0.3 is 0 Å². The zero-order chi connectivity index (χ0) is 21.4. The van der Waals surface area contributed by atoms with Crippen molar-refractivity contribution in [1.82, 2.24) is 10.4 Å². The van der Waals surface area contributed by atoms with Crippen LogP contribution >= 0.6 is 23.4 Å². The molecule has 2 aliphatic heterocycles. The van der Waals surface area contributed by atoms with Crippen LogP contribution in [0, 0.1) is 0 Å². The number of carbonyl (C=O) groups excluding carboxylic acids is 1. The van der Waals surface area contributed by atoms with Gasteiger partial charge in [0.1, 0.15) is 7.85 Å². The summed E-state index contributed by atoms with van der Waals surface area (Å²) >= 11 is 7.95. The maximum absolute atomic E-state index is 12.8. The van der Waals surface area contributed by atoms with Crippen LogP contribution in [0.4, 0.5) is 5.69 Å². The van der Waals surface area contributed by atoms with Gasteiger partial charge in [-0.25, -0.2) is 10.0 Å². The molecule has 0 aliphatic carbocycles. The standard InChI is InChI=1S/C24H21BClN3OS/c25-17-5-3-4-15(12-17)23-19-8-7-18(26)14-22(19)31-21-9-6-16(13-20(21)27-23)24(30)28-29-10-1-2-11-29/h3-9,12-14H,1-2,10-11,25H2,(H,28,30). The monoisotopic (exact) mass is 445 g/mol. The van der Waals surface area contributed by atoms with E-state index in [1.54, 1.807) is 11.8 Å². The van der Waals surface area contributed by atoms with E-state index in [0.717, 1.165) is 58.2 Å². The van der Waals surface area contributed by atoms with E-state index in [2.05, 4.69) is 31.5 Å². The second-order valence-electron chi connectivity index (χ2n) is 7.89. The first-order chi connectivity index (χ1) is 15.1. The van der Waals surface area contributed by atoms with Gasteiger partial charge in [0, 0.05) is 44.6 Å². The average molecular weight is 446 g/mol. The fraction of sp³-hybridized carbons (Fsp3) is 0.167. The molecule has 2 heterocycles. The van der Waals surface area contributed by atoms with E-state index < -0.39 is 0 Å². The van der Waals surface area contributed by atoms with Crippen LogP contribution in [-0.4, -0.2) is 37.6 Å². The van der Waals surface area contributed by atoms with Crippen LogP contribution in [0.2, 0.25) is 5.02 Å². The highest BCUT2D eigenvalue weighted by Crippen LogP contribution is 2.42. The molecule has 2 aliphatic rings. The molecule has 1 fully saturated rings. The predicted octanol–water partition coefficient (Wildman–Crippen LogP) is 3.97. The third-order valence-corrected chi connectivity index (χ3v) is 6.89. The number of fused-ring (bicyclic) bond motifs is 2. The van der Waals surface area contributed by atoms with Crippen molar-refractivity contribution >= 4 is 54.0 Å². The van der Waals surface area contributed by atoms with E-state index in [1.165, 1.54) is 5.46 Å². The highest BCUT2D eigenvalue weighted by molar-refractivity contribution is 7.99. The van der Waals surface area contributed by atoms with Crippen molar-refractivity contribution in [3.63, 3.8) is 0 Å². The molecule has 154 valence electrons. The van der Waals surface area contributed by atoms with Gasteiger partial charge in [-0.05, 0) is 43.2 Å². The molecular weight excluding hydrogens is 425 g/mol. The molecule has 31 heavy (non-hydrogen) atoms. The number of carbonyl (C=O) groups is 1. The first kappa shape index (κ1) is 20.4. The Balaban J connectivity index is 1.59. The van der Waals surface area contributed by atoms with Crippen LogP contribution in [0.5, 0.6) is 0 Å². The Bertz CT molecular complexity index is 1210. The van der Waals surface area contributed by atoms with Crippen LogP contribution < -0.4 is 10.9 Å². The molecule has 3 aromatic carbocycles. The Hall–Kier alpha value is -2.54. The summed E-state index contributed by atoms with van der Waals surface area (Å²) in [5, 5.41) is 2.68. The molecule has 7 heteroatoms. The van der Waals surface area contributed by atoms with Gasteiger partial charge < -0.3 is 0 Å². The molecule has 0 spiro atoms. The third kappa shape index (κ3) is 4.29. The molecule has 0 aromatic heterocycles. The lowest BCUT2D eigenvalue weighted by Crippen LogP contribution is -2.39. The Kier molecular flexibility index (Phi) is 5.61. The SMILES string of the molecule is Bc1cccc(C2=Nc3cc(C(=O)NN4CCCC4)ccc3Sc3cc(Cl)ccc32)c1. The minimum Gasteiger partial charge on any atom is -0.285 e. The van der Waals surface area contributed by atoms with Gasteiger partial charge in [-0.2, -0.15) is 0 Å². The maximum atomic E-state index is 12.8. The summed E-state index contributed by atoms with van der Waals surface area (Å²) in [6.07, 6.45) is 2.23. The van der Waals surface area contributed by atoms with Gasteiger partial charge in [0.25, 0.3) is 5.91 Å². The largest absolute Gasteiger partial charge is 0.285 e. The van der Waals surface area contributed by atoms with Gasteiger partial charge in [0.05, 0.1) is 11.4 Å². The molecule has 1 saturated heterocycles. The molecule has 0 bridgehead atoms. The lowest BCUT2D eigenvalue weighted by molar-refractivity contribution is 0.0826. The zero-order valence-electron chi connectivity index (χ0n) is 17.2. The van der Waals surface area contributed by atoms with Crippen LogP contribution in [-0.2, 0) is 0 Å². The number of rotatable bonds is 3. The predicted molar refractivity (Wildman–Crippen MR) is 130 cm³/mol. The van der Waals surface area contributed by atoms with Gasteiger partial charge in [0.2, 0.25) is 0 Å². The summed E-state index contributed by atoms with van der Waals surface area (Å²) < 4.78 is 0. The topological polar surface area (TPSA) is 44.7 Å². The summed E-state index contributed by atoms with van der Waals surface area (Å²) in [7, 11) is 2.08. The van der Waals surface area contributed by atoms with E-state index in [0.29, 0.717) is 10.6 Å². The van der Waals surface area contributed by atoms with Gasteiger partial charge in [-0.1, -0.05) is 59.2 Å². The molecule has 1 N–H and O–H groups in total. The molecular formula is C24H21BClN3OS. The molecule has 0 atom stereocenters. The van der Waals surface area contributed by atoms with E-state index in [4.69, 9.17) is 16.6 Å². The summed E-state index contributed by atoms with van der Waals surface area (Å²) in [6, 6.07) is 20.0. The highest BCUT2D eigenvalue weighted by atomic mass is 35.5. The lowest BCUT2D eigenvalue weighted by Gasteiger charge is -2.16.